The number of carbonyl (C=O) groups is 5. The second kappa shape index (κ2) is 25.0. The first-order valence-corrected chi connectivity index (χ1v) is 23.1. The minimum absolute atomic E-state index is 0.252. The number of hydrogen-bond acceptors (Lipinski definition) is 20. The van der Waals surface area contributed by atoms with Gasteiger partial charge in [-0.15, -0.1) is 0 Å². The molecule has 2 aromatic carbocycles. The summed E-state index contributed by atoms with van der Waals surface area (Å²) < 4.78 is 74.1. The monoisotopic (exact) mass is 1070 g/mol. The van der Waals surface area contributed by atoms with Gasteiger partial charge < -0.3 is 80.7 Å². The molecular weight excluding hydrogens is 1010 g/mol. The van der Waals surface area contributed by atoms with Crippen molar-refractivity contribution in [1.29, 1.82) is 0 Å². The van der Waals surface area contributed by atoms with Gasteiger partial charge >= 0.3 is 30.4 Å². The van der Waals surface area contributed by atoms with Crippen molar-refractivity contribution in [1.82, 2.24) is 31.9 Å². The standard InChI is InChI=1S/C45H59F3N8O19/c1-43(2,3)75-40(62)51-18-30(57)37(60)52-29-16-28(54-42(64)71-20-23-8-12-25(13-9-23)56(68)69)31(32(58)35(29)74-38-33(59)36(49-5)44(4,65)21-72-38)34-27(15-14-26(73-34)17-50-39(61)45(46,47)48)53-41(63)70-19-22-6-10-24(11-7-22)55(66)67/h6-14,27-36,38,49,57-59,65H,15-21H2,1-5H3,(H,50,61)(H,51,62)(H,52,60)(H,53,63)(H,54,64)/t27-,28+,29-,30-,31?,32+,33-,34+,35+,36-,38-,44+/m1/s1. The number of nitrogens with zero attached hydrogens (tertiary/aromatic N) is 2. The van der Waals surface area contributed by atoms with E-state index < -0.39 is 164 Å². The second-order valence-electron chi connectivity index (χ2n) is 18.9. The molecule has 1 unspecified atom stereocenters. The smallest absolute Gasteiger partial charge is 0.471 e. The highest BCUT2D eigenvalue weighted by molar-refractivity contribution is 5.82. The molecule has 3 aliphatic rings. The minimum Gasteiger partial charge on any atom is -0.491 e. The van der Waals surface area contributed by atoms with E-state index in [0.717, 1.165) is 24.3 Å². The Morgan fingerprint density at radius 3 is 1.88 bits per heavy atom. The second-order valence-corrected chi connectivity index (χ2v) is 18.9. The number of halogens is 3. The van der Waals surface area contributed by atoms with Crippen LogP contribution in [0.3, 0.4) is 0 Å². The zero-order valence-corrected chi connectivity index (χ0v) is 40.9. The lowest BCUT2D eigenvalue weighted by Gasteiger charge is -2.51. The molecule has 5 rings (SSSR count). The third kappa shape index (κ3) is 16.5. The van der Waals surface area contributed by atoms with Gasteiger partial charge in [-0.3, -0.25) is 29.8 Å². The molecule has 30 heteroatoms. The number of aliphatic hydroxyl groups is 4. The van der Waals surface area contributed by atoms with Crippen LogP contribution in [0.1, 0.15) is 51.7 Å². The van der Waals surface area contributed by atoms with E-state index in [0.29, 0.717) is 5.56 Å². The van der Waals surface area contributed by atoms with E-state index in [2.05, 4.69) is 26.6 Å². The summed E-state index contributed by atoms with van der Waals surface area (Å²) in [4.78, 5) is 86.4. The number of hydrogen-bond donors (Lipinski definition) is 10. The number of ether oxygens (including phenoxy) is 6. The van der Waals surface area contributed by atoms with Crippen molar-refractivity contribution in [2.24, 2.45) is 5.92 Å². The average molecular weight is 1070 g/mol. The molecular formula is C45H59F3N8O19. The Morgan fingerprint density at radius 1 is 0.827 bits per heavy atom. The van der Waals surface area contributed by atoms with Crippen molar-refractivity contribution in [3.8, 4) is 0 Å². The van der Waals surface area contributed by atoms with Crippen LogP contribution in [0.15, 0.2) is 60.4 Å². The molecule has 5 amide bonds. The molecule has 1 saturated carbocycles. The highest BCUT2D eigenvalue weighted by Crippen LogP contribution is 2.38. The maximum Gasteiger partial charge on any atom is 0.471 e. The quantitative estimate of drug-likeness (QED) is 0.0564. The summed E-state index contributed by atoms with van der Waals surface area (Å²) in [5.74, 6) is -5.50. The SMILES string of the molecule is CN[C@@H]1[C@@H](O)[C@@H](O[C@H]2[C@H](NC(=O)[C@H](O)CNC(=O)OC(C)(C)C)C[C@H](NC(=O)OCc3ccc([N+](=O)[O-])cc3)C([C@H]3OC(CNC(=O)C(F)(F)F)=CC[C@H]3NC(=O)OCc3ccc([N+](=O)[O-])cc3)[C@@H]2O)OC[C@]1(C)O. The number of nitrogens with one attached hydrogen (secondary N) is 6. The topological polar surface area (TPSA) is 380 Å². The van der Waals surface area contributed by atoms with E-state index in [1.807, 2.05) is 0 Å². The lowest BCUT2D eigenvalue weighted by molar-refractivity contribution is -0.385. The Balaban J connectivity index is 1.54. The third-order valence-corrected chi connectivity index (χ3v) is 12.0. The van der Waals surface area contributed by atoms with Gasteiger partial charge in [0.1, 0.15) is 54.6 Å². The van der Waals surface area contributed by atoms with E-state index >= 15 is 0 Å². The fraction of sp³-hybridized carbons (Fsp3) is 0.578. The van der Waals surface area contributed by atoms with Gasteiger partial charge in [0.2, 0.25) is 0 Å². The summed E-state index contributed by atoms with van der Waals surface area (Å²) in [5.41, 5.74) is -2.60. The molecule has 2 aliphatic heterocycles. The summed E-state index contributed by atoms with van der Waals surface area (Å²) >= 11 is 0. The van der Waals surface area contributed by atoms with Gasteiger partial charge in [0.15, 0.2) is 6.29 Å². The first kappa shape index (κ1) is 58.9. The van der Waals surface area contributed by atoms with Gasteiger partial charge in [0.05, 0.1) is 53.8 Å². The summed E-state index contributed by atoms with van der Waals surface area (Å²) in [6.07, 6.45) is -19.3. The van der Waals surface area contributed by atoms with Gasteiger partial charge in [0.25, 0.3) is 17.3 Å². The number of alkyl halides is 3. The Hall–Kier alpha value is -6.96. The molecule has 414 valence electrons. The van der Waals surface area contributed by atoms with E-state index in [-0.39, 0.29) is 29.1 Å². The molecule has 1 saturated heterocycles. The van der Waals surface area contributed by atoms with Crippen LogP contribution in [0.2, 0.25) is 0 Å². The van der Waals surface area contributed by atoms with Crippen LogP contribution in [-0.4, -0.2) is 165 Å². The number of nitro groups is 2. The predicted molar refractivity (Wildman–Crippen MR) is 247 cm³/mol. The van der Waals surface area contributed by atoms with Crippen LogP contribution in [0.5, 0.6) is 0 Å². The normalized spacial score (nSPS) is 27.2. The zero-order chi connectivity index (χ0) is 55.6. The number of non-ortho nitro benzene ring substituents is 2. The van der Waals surface area contributed by atoms with Crippen molar-refractivity contribution in [2.45, 2.75) is 132 Å². The molecule has 0 aromatic heterocycles. The number of carbonyl (C=O) groups excluding carboxylic acids is 5. The Labute approximate surface area is 425 Å². The molecule has 27 nitrogen and oxygen atoms in total. The molecule has 2 heterocycles. The number of benzene rings is 2. The van der Waals surface area contributed by atoms with Crippen molar-refractivity contribution < 1.29 is 95.8 Å². The maximum absolute atomic E-state index is 13.8. The van der Waals surface area contributed by atoms with E-state index in [1.54, 1.807) is 26.1 Å². The molecule has 12 atom stereocenters. The number of nitro benzene ring substituents is 2. The van der Waals surface area contributed by atoms with Crippen molar-refractivity contribution in [3.05, 3.63) is 91.7 Å². The van der Waals surface area contributed by atoms with Crippen LogP contribution in [0.4, 0.5) is 38.9 Å². The first-order chi connectivity index (χ1) is 35.1. The third-order valence-electron chi connectivity index (χ3n) is 12.0. The van der Waals surface area contributed by atoms with Crippen molar-refractivity contribution in [3.63, 3.8) is 0 Å². The minimum atomic E-state index is -5.33. The molecule has 75 heavy (non-hydrogen) atoms. The molecule has 1 aliphatic carbocycles. The summed E-state index contributed by atoms with van der Waals surface area (Å²) in [7, 11) is 1.41. The van der Waals surface area contributed by atoms with Crippen LogP contribution < -0.4 is 31.9 Å². The summed E-state index contributed by atoms with van der Waals surface area (Å²) in [5, 5.41) is 82.8. The number of amides is 5. The number of alkyl carbamates (subject to hydrolysis) is 3. The Bertz CT molecular complexity index is 2390. The fourth-order valence-corrected chi connectivity index (χ4v) is 8.42. The van der Waals surface area contributed by atoms with Gasteiger partial charge in [-0.05, 0) is 89.1 Å². The molecule has 10 N–H and O–H groups in total. The first-order valence-electron chi connectivity index (χ1n) is 23.1. The highest BCUT2D eigenvalue weighted by Gasteiger charge is 2.55. The summed E-state index contributed by atoms with van der Waals surface area (Å²) in [6.45, 7) is 3.03. The predicted octanol–water partition coefficient (Wildman–Crippen LogP) is 0.937. The van der Waals surface area contributed by atoms with E-state index in [1.165, 1.54) is 44.3 Å². The number of likely N-dealkylation sites (N-methyl/N-ethyl adjacent to an activating group) is 1. The van der Waals surface area contributed by atoms with Crippen molar-refractivity contribution >= 4 is 41.5 Å². The fourth-order valence-electron chi connectivity index (χ4n) is 8.42. The van der Waals surface area contributed by atoms with Crippen LogP contribution >= 0.6 is 0 Å². The number of rotatable bonds is 18. The van der Waals surface area contributed by atoms with Crippen molar-refractivity contribution in [2.75, 3.05) is 26.7 Å². The molecule has 0 radical (unpaired) electrons. The van der Waals surface area contributed by atoms with Gasteiger partial charge in [0, 0.05) is 36.2 Å². The Kier molecular flexibility index (Phi) is 19.7. The van der Waals surface area contributed by atoms with Crippen LogP contribution in [0, 0.1) is 26.1 Å². The Morgan fingerprint density at radius 2 is 1.37 bits per heavy atom. The van der Waals surface area contributed by atoms with Gasteiger partial charge in [-0.25, -0.2) is 14.4 Å². The summed E-state index contributed by atoms with van der Waals surface area (Å²) in [6, 6.07) is 4.31. The highest BCUT2D eigenvalue weighted by atomic mass is 19.4. The molecule has 2 fully saturated rings. The lowest BCUT2D eigenvalue weighted by Crippen LogP contribution is -2.70. The average Bonchev–Trinajstić information content (AvgIpc) is 3.32. The van der Waals surface area contributed by atoms with Gasteiger partial charge in [-0.2, -0.15) is 13.2 Å². The zero-order valence-electron chi connectivity index (χ0n) is 40.9. The molecule has 2 aromatic rings. The van der Waals surface area contributed by atoms with Crippen LogP contribution in [-0.2, 0) is 51.2 Å². The van der Waals surface area contributed by atoms with Gasteiger partial charge in [-0.1, -0.05) is 0 Å². The lowest BCUT2D eigenvalue weighted by atomic mass is 9.72. The number of aliphatic hydroxyl groups excluding tert-OH is 3. The maximum atomic E-state index is 13.8. The van der Waals surface area contributed by atoms with Crippen LogP contribution in [0.25, 0.3) is 0 Å². The van der Waals surface area contributed by atoms with E-state index in [9.17, 15) is 77.8 Å². The van der Waals surface area contributed by atoms with E-state index in [4.69, 9.17) is 28.4 Å². The molecule has 0 bridgehead atoms. The molecule has 0 spiro atoms. The largest absolute Gasteiger partial charge is 0.491 e.